The van der Waals surface area contributed by atoms with Crippen LogP contribution in [0.3, 0.4) is 0 Å². The van der Waals surface area contributed by atoms with Crippen molar-refractivity contribution in [1.29, 1.82) is 0 Å². The second kappa shape index (κ2) is 5.91. The summed E-state index contributed by atoms with van der Waals surface area (Å²) in [7, 11) is 0. The van der Waals surface area contributed by atoms with Gasteiger partial charge in [-0.05, 0) is 64.5 Å². The molecule has 0 N–H and O–H groups in total. The molecular formula is C22H29NO. The SMILES string of the molecule is CCCc1cc2c(cc1/C(C)=C/c1ccno1)C(C)(C)CC2(C)C. The minimum atomic E-state index is 0.227. The summed E-state index contributed by atoms with van der Waals surface area (Å²) in [5, 5.41) is 3.81. The van der Waals surface area contributed by atoms with E-state index in [0.717, 1.165) is 18.6 Å². The molecule has 0 bridgehead atoms. The molecule has 1 aromatic carbocycles. The van der Waals surface area contributed by atoms with Crippen LogP contribution in [0.15, 0.2) is 28.9 Å². The van der Waals surface area contributed by atoms with Crippen LogP contribution in [-0.2, 0) is 17.3 Å². The third kappa shape index (κ3) is 2.94. The summed E-state index contributed by atoms with van der Waals surface area (Å²) >= 11 is 0. The van der Waals surface area contributed by atoms with Gasteiger partial charge in [-0.2, -0.15) is 0 Å². The second-order valence-corrected chi connectivity index (χ2v) is 8.49. The summed E-state index contributed by atoms with van der Waals surface area (Å²) in [6, 6.07) is 6.82. The van der Waals surface area contributed by atoms with Crippen LogP contribution in [0.4, 0.5) is 0 Å². The lowest BCUT2D eigenvalue weighted by Gasteiger charge is -2.22. The van der Waals surface area contributed by atoms with Gasteiger partial charge in [0.05, 0.1) is 6.20 Å². The summed E-state index contributed by atoms with van der Waals surface area (Å²) in [4.78, 5) is 0. The zero-order valence-corrected chi connectivity index (χ0v) is 15.9. The number of hydrogen-bond acceptors (Lipinski definition) is 2. The van der Waals surface area contributed by atoms with Gasteiger partial charge in [0, 0.05) is 6.07 Å². The zero-order valence-electron chi connectivity index (χ0n) is 15.9. The van der Waals surface area contributed by atoms with Crippen molar-refractivity contribution >= 4 is 11.6 Å². The van der Waals surface area contributed by atoms with Gasteiger partial charge in [-0.3, -0.25) is 0 Å². The highest BCUT2D eigenvalue weighted by Gasteiger charge is 2.42. The highest BCUT2D eigenvalue weighted by molar-refractivity contribution is 5.81. The Labute approximate surface area is 146 Å². The molecule has 0 atom stereocenters. The van der Waals surface area contributed by atoms with Gasteiger partial charge in [-0.25, -0.2) is 0 Å². The molecule has 1 aliphatic rings. The molecule has 0 spiro atoms. The number of benzene rings is 1. The first-order valence-corrected chi connectivity index (χ1v) is 9.02. The van der Waals surface area contributed by atoms with Crippen LogP contribution in [0.5, 0.6) is 0 Å². The average Bonchev–Trinajstić information content (AvgIpc) is 3.04. The lowest BCUT2D eigenvalue weighted by molar-refractivity contribution is 0.403. The Kier molecular flexibility index (Phi) is 4.19. The average molecular weight is 323 g/mol. The van der Waals surface area contributed by atoms with Crippen LogP contribution < -0.4 is 0 Å². The summed E-state index contributed by atoms with van der Waals surface area (Å²) in [6.45, 7) is 13.9. The van der Waals surface area contributed by atoms with Crippen molar-refractivity contribution < 1.29 is 4.52 Å². The van der Waals surface area contributed by atoms with Gasteiger partial charge < -0.3 is 4.52 Å². The Balaban J connectivity index is 2.16. The molecule has 0 radical (unpaired) electrons. The minimum absolute atomic E-state index is 0.227. The molecule has 3 rings (SSSR count). The summed E-state index contributed by atoms with van der Waals surface area (Å²) in [5.74, 6) is 0.815. The third-order valence-electron chi connectivity index (χ3n) is 5.35. The predicted octanol–water partition coefficient (Wildman–Crippen LogP) is 6.15. The van der Waals surface area contributed by atoms with E-state index in [1.807, 2.05) is 6.07 Å². The van der Waals surface area contributed by atoms with Gasteiger partial charge in [0.2, 0.25) is 0 Å². The molecule has 0 fully saturated rings. The van der Waals surface area contributed by atoms with E-state index in [2.05, 4.69) is 64.9 Å². The van der Waals surface area contributed by atoms with Crippen LogP contribution in [0.25, 0.3) is 11.6 Å². The summed E-state index contributed by atoms with van der Waals surface area (Å²) in [6.07, 6.45) is 7.27. The van der Waals surface area contributed by atoms with Crippen LogP contribution in [0, 0.1) is 0 Å². The lowest BCUT2D eigenvalue weighted by atomic mass is 9.82. The molecule has 1 heterocycles. The molecular weight excluding hydrogens is 294 g/mol. The number of hydrogen-bond donors (Lipinski definition) is 0. The fraction of sp³-hybridized carbons (Fsp3) is 0.500. The van der Waals surface area contributed by atoms with Crippen molar-refractivity contribution in [1.82, 2.24) is 5.16 Å². The predicted molar refractivity (Wildman–Crippen MR) is 101 cm³/mol. The normalized spacial score (nSPS) is 18.7. The van der Waals surface area contributed by atoms with Crippen molar-refractivity contribution in [2.75, 3.05) is 0 Å². The number of fused-ring (bicyclic) bond motifs is 1. The quantitative estimate of drug-likeness (QED) is 0.674. The van der Waals surface area contributed by atoms with Crippen LogP contribution in [-0.4, -0.2) is 5.16 Å². The lowest BCUT2D eigenvalue weighted by Crippen LogP contribution is -2.18. The van der Waals surface area contributed by atoms with Gasteiger partial charge in [-0.15, -0.1) is 0 Å². The van der Waals surface area contributed by atoms with E-state index in [0.29, 0.717) is 0 Å². The first kappa shape index (κ1) is 17.0. The van der Waals surface area contributed by atoms with Gasteiger partial charge >= 0.3 is 0 Å². The first-order valence-electron chi connectivity index (χ1n) is 9.02. The molecule has 0 amide bonds. The van der Waals surface area contributed by atoms with E-state index in [9.17, 15) is 0 Å². The molecule has 2 heteroatoms. The van der Waals surface area contributed by atoms with Gasteiger partial charge in [-0.1, -0.05) is 58.3 Å². The third-order valence-corrected chi connectivity index (χ3v) is 5.35. The van der Waals surface area contributed by atoms with E-state index >= 15 is 0 Å². The van der Waals surface area contributed by atoms with E-state index in [-0.39, 0.29) is 10.8 Å². The molecule has 1 aliphatic carbocycles. The highest BCUT2D eigenvalue weighted by Crippen LogP contribution is 2.50. The topological polar surface area (TPSA) is 26.0 Å². The van der Waals surface area contributed by atoms with Crippen LogP contribution in [0.1, 0.15) is 82.4 Å². The highest BCUT2D eigenvalue weighted by atomic mass is 16.5. The minimum Gasteiger partial charge on any atom is -0.357 e. The standard InChI is InChI=1S/C22H29NO/c1-7-8-16-12-19-20(22(5,6)14-21(19,3)4)13-18(16)15(2)11-17-9-10-23-24-17/h9-13H,7-8,14H2,1-6H3/b15-11+. The second-order valence-electron chi connectivity index (χ2n) is 8.49. The van der Waals surface area contributed by atoms with Crippen molar-refractivity contribution in [2.45, 2.75) is 71.6 Å². The molecule has 0 saturated heterocycles. The van der Waals surface area contributed by atoms with E-state index < -0.39 is 0 Å². The number of aryl methyl sites for hydroxylation is 1. The Morgan fingerprint density at radius 3 is 2.42 bits per heavy atom. The zero-order chi connectivity index (χ0) is 17.5. The van der Waals surface area contributed by atoms with Gasteiger partial charge in [0.15, 0.2) is 5.76 Å². The Morgan fingerprint density at radius 2 is 1.83 bits per heavy atom. The molecule has 0 saturated carbocycles. The maximum Gasteiger partial charge on any atom is 0.159 e. The Hall–Kier alpha value is -1.83. The molecule has 1 aromatic heterocycles. The fourth-order valence-electron chi connectivity index (χ4n) is 4.49. The molecule has 0 aliphatic heterocycles. The monoisotopic (exact) mass is 323 g/mol. The summed E-state index contributed by atoms with van der Waals surface area (Å²) < 4.78 is 5.27. The number of aromatic nitrogens is 1. The number of nitrogens with zero attached hydrogens (tertiary/aromatic N) is 1. The number of rotatable bonds is 4. The van der Waals surface area contributed by atoms with Crippen molar-refractivity contribution in [2.24, 2.45) is 0 Å². The summed E-state index contributed by atoms with van der Waals surface area (Å²) in [5.41, 5.74) is 7.58. The first-order chi connectivity index (χ1) is 11.2. The van der Waals surface area contributed by atoms with Gasteiger partial charge in [0.25, 0.3) is 0 Å². The van der Waals surface area contributed by atoms with E-state index in [1.54, 1.807) is 6.20 Å². The van der Waals surface area contributed by atoms with E-state index in [1.165, 1.54) is 34.2 Å². The van der Waals surface area contributed by atoms with Gasteiger partial charge in [0.1, 0.15) is 0 Å². The fourth-order valence-corrected chi connectivity index (χ4v) is 4.49. The van der Waals surface area contributed by atoms with E-state index in [4.69, 9.17) is 4.52 Å². The van der Waals surface area contributed by atoms with Crippen molar-refractivity contribution in [3.05, 3.63) is 52.4 Å². The molecule has 24 heavy (non-hydrogen) atoms. The maximum atomic E-state index is 5.27. The van der Waals surface area contributed by atoms with Crippen LogP contribution >= 0.6 is 0 Å². The van der Waals surface area contributed by atoms with Crippen molar-refractivity contribution in [3.63, 3.8) is 0 Å². The largest absolute Gasteiger partial charge is 0.357 e. The number of allylic oxidation sites excluding steroid dienone is 1. The van der Waals surface area contributed by atoms with Crippen LogP contribution in [0.2, 0.25) is 0 Å². The Bertz CT molecular complexity index is 764. The smallest absolute Gasteiger partial charge is 0.159 e. The molecule has 2 nitrogen and oxygen atoms in total. The molecule has 2 aromatic rings. The van der Waals surface area contributed by atoms with Crippen molar-refractivity contribution in [3.8, 4) is 0 Å². The maximum absolute atomic E-state index is 5.27. The Morgan fingerprint density at radius 1 is 1.17 bits per heavy atom. The molecule has 0 unspecified atom stereocenters. The molecule has 128 valence electrons.